The third-order valence-electron chi connectivity index (χ3n) is 3.98. The predicted octanol–water partition coefficient (Wildman–Crippen LogP) is 1.70. The highest BCUT2D eigenvalue weighted by molar-refractivity contribution is 7.89. The van der Waals surface area contributed by atoms with Gasteiger partial charge < -0.3 is 10.1 Å². The summed E-state index contributed by atoms with van der Waals surface area (Å²) in [6.07, 6.45) is 0.927. The van der Waals surface area contributed by atoms with Crippen molar-refractivity contribution in [2.24, 2.45) is 0 Å². The highest BCUT2D eigenvalue weighted by Gasteiger charge is 2.26. The van der Waals surface area contributed by atoms with E-state index in [1.165, 1.54) is 18.7 Å². The Bertz CT molecular complexity index is 845. The van der Waals surface area contributed by atoms with Crippen LogP contribution >= 0.6 is 11.3 Å². The summed E-state index contributed by atoms with van der Waals surface area (Å²) in [5.41, 5.74) is 2.33. The lowest BCUT2D eigenvalue weighted by Crippen LogP contribution is -2.39. The third kappa shape index (κ3) is 3.36. The van der Waals surface area contributed by atoms with Crippen molar-refractivity contribution in [2.45, 2.75) is 17.4 Å². The Balaban J connectivity index is 1.78. The van der Waals surface area contributed by atoms with Crippen molar-refractivity contribution >= 4 is 27.3 Å². The number of methoxy groups -OCH3 is 1. The van der Waals surface area contributed by atoms with Gasteiger partial charge in [-0.05, 0) is 35.5 Å². The number of hydrogen-bond acceptors (Lipinski definition) is 6. The molecule has 3 rings (SSSR count). The lowest BCUT2D eigenvalue weighted by Gasteiger charge is -2.27. The Hall–Kier alpha value is -1.74. The van der Waals surface area contributed by atoms with Crippen molar-refractivity contribution in [2.75, 3.05) is 20.2 Å². The molecule has 2 heterocycles. The molecule has 1 aromatic heterocycles. The largest absolute Gasteiger partial charge is 0.465 e. The summed E-state index contributed by atoms with van der Waals surface area (Å²) in [5.74, 6) is -0.647. The van der Waals surface area contributed by atoms with Gasteiger partial charge in [-0.15, -0.1) is 11.3 Å². The summed E-state index contributed by atoms with van der Waals surface area (Å²) in [4.78, 5) is 11.7. The van der Waals surface area contributed by atoms with Gasteiger partial charge in [0.25, 0.3) is 0 Å². The van der Waals surface area contributed by atoms with Gasteiger partial charge >= 0.3 is 5.97 Å². The molecule has 128 valence electrons. The maximum absolute atomic E-state index is 12.5. The van der Waals surface area contributed by atoms with Crippen LogP contribution in [0.1, 0.15) is 26.8 Å². The van der Waals surface area contributed by atoms with E-state index in [4.69, 9.17) is 0 Å². The summed E-state index contributed by atoms with van der Waals surface area (Å²) in [7, 11) is -2.55. The number of rotatable bonds is 5. The van der Waals surface area contributed by atoms with Crippen molar-refractivity contribution in [1.82, 2.24) is 10.0 Å². The minimum absolute atomic E-state index is 0.0385. The molecule has 6 nitrogen and oxygen atoms in total. The van der Waals surface area contributed by atoms with Crippen LogP contribution in [0.3, 0.4) is 0 Å². The lowest BCUT2D eigenvalue weighted by atomic mass is 9.95. The number of nitrogens with one attached hydrogen (secondary N) is 2. The highest BCUT2D eigenvalue weighted by Crippen LogP contribution is 2.25. The van der Waals surface area contributed by atoms with Crippen molar-refractivity contribution in [1.29, 1.82) is 0 Å². The Morgan fingerprint density at radius 1 is 1.38 bits per heavy atom. The average molecular weight is 366 g/mol. The standard InChI is InChI=1S/C16H18N2O4S2/c1-22-16(19)15-14(7-9-23-15)24(20,21)18-10-13-12-5-3-2-4-11(12)6-8-17-13/h2-5,7,9,13,17-18H,6,8,10H2,1H3. The van der Waals surface area contributed by atoms with Crippen molar-refractivity contribution in [3.63, 3.8) is 0 Å². The molecule has 24 heavy (non-hydrogen) atoms. The maximum Gasteiger partial charge on any atom is 0.349 e. The number of hydrogen-bond donors (Lipinski definition) is 2. The first kappa shape index (κ1) is 17.1. The second kappa shape index (κ2) is 7.02. The molecule has 2 N–H and O–H groups in total. The SMILES string of the molecule is COC(=O)c1sccc1S(=O)(=O)NCC1NCCc2ccccc21. The van der Waals surface area contributed by atoms with Crippen molar-refractivity contribution in [3.05, 3.63) is 51.7 Å². The lowest BCUT2D eigenvalue weighted by molar-refractivity contribution is 0.0602. The fourth-order valence-corrected chi connectivity index (χ4v) is 5.18. The van der Waals surface area contributed by atoms with Gasteiger partial charge in [-0.1, -0.05) is 24.3 Å². The van der Waals surface area contributed by atoms with Gasteiger partial charge in [0, 0.05) is 12.6 Å². The first-order valence-corrected chi connectivity index (χ1v) is 9.86. The van der Waals surface area contributed by atoms with Crippen LogP contribution in [0.4, 0.5) is 0 Å². The van der Waals surface area contributed by atoms with Gasteiger partial charge in [-0.3, -0.25) is 0 Å². The molecular formula is C16H18N2O4S2. The van der Waals surface area contributed by atoms with Crippen LogP contribution in [0, 0.1) is 0 Å². The summed E-state index contributed by atoms with van der Waals surface area (Å²) in [5, 5.41) is 4.89. The second-order valence-electron chi connectivity index (χ2n) is 5.41. The second-order valence-corrected chi connectivity index (χ2v) is 8.06. The number of ether oxygens (including phenoxy) is 1. The molecule has 1 atom stereocenters. The molecule has 0 amide bonds. The van der Waals surface area contributed by atoms with Crippen LogP contribution in [0.5, 0.6) is 0 Å². The molecule has 1 aromatic carbocycles. The fourth-order valence-electron chi connectivity index (χ4n) is 2.80. The first-order valence-electron chi connectivity index (χ1n) is 7.49. The quantitative estimate of drug-likeness (QED) is 0.787. The smallest absolute Gasteiger partial charge is 0.349 e. The Kier molecular flexibility index (Phi) is 5.00. The van der Waals surface area contributed by atoms with Crippen LogP contribution in [0.15, 0.2) is 40.6 Å². The molecular weight excluding hydrogens is 348 g/mol. The van der Waals surface area contributed by atoms with Gasteiger partial charge in [0.15, 0.2) is 0 Å². The zero-order valence-electron chi connectivity index (χ0n) is 13.1. The normalized spacial score (nSPS) is 17.3. The van der Waals surface area contributed by atoms with E-state index in [1.807, 2.05) is 18.2 Å². The third-order valence-corrected chi connectivity index (χ3v) is 6.47. The summed E-state index contributed by atoms with van der Waals surface area (Å²) < 4.78 is 32.3. The Morgan fingerprint density at radius 3 is 2.96 bits per heavy atom. The molecule has 2 aromatic rings. The molecule has 0 fully saturated rings. The zero-order chi connectivity index (χ0) is 17.2. The molecule has 0 saturated heterocycles. The summed E-state index contributed by atoms with van der Waals surface area (Å²) in [6.45, 7) is 1.02. The van der Waals surface area contributed by atoms with E-state index in [9.17, 15) is 13.2 Å². The van der Waals surface area contributed by atoms with Gasteiger partial charge in [-0.2, -0.15) is 0 Å². The maximum atomic E-state index is 12.5. The number of esters is 1. The van der Waals surface area contributed by atoms with E-state index >= 15 is 0 Å². The van der Waals surface area contributed by atoms with Crippen LogP contribution in [0.25, 0.3) is 0 Å². The number of carbonyl (C=O) groups excluding carboxylic acids is 1. The monoisotopic (exact) mass is 366 g/mol. The average Bonchev–Trinajstić information content (AvgIpc) is 3.10. The highest BCUT2D eigenvalue weighted by atomic mass is 32.2. The van der Waals surface area contributed by atoms with E-state index < -0.39 is 16.0 Å². The number of carbonyl (C=O) groups is 1. The first-order chi connectivity index (χ1) is 11.5. The number of thiophene rings is 1. The van der Waals surface area contributed by atoms with Gasteiger partial charge in [0.1, 0.15) is 9.77 Å². The summed E-state index contributed by atoms with van der Waals surface area (Å²) >= 11 is 1.05. The van der Waals surface area contributed by atoms with E-state index in [0.717, 1.165) is 29.9 Å². The molecule has 0 radical (unpaired) electrons. The van der Waals surface area contributed by atoms with E-state index in [0.29, 0.717) is 0 Å². The molecule has 1 aliphatic heterocycles. The molecule has 8 heteroatoms. The molecule has 0 spiro atoms. The Morgan fingerprint density at radius 2 is 2.17 bits per heavy atom. The van der Waals surface area contributed by atoms with Gasteiger partial charge in [0.2, 0.25) is 10.0 Å². The van der Waals surface area contributed by atoms with Gasteiger partial charge in [-0.25, -0.2) is 17.9 Å². The topological polar surface area (TPSA) is 84.5 Å². The molecule has 1 aliphatic rings. The number of benzene rings is 1. The van der Waals surface area contributed by atoms with Crippen LogP contribution < -0.4 is 10.0 Å². The molecule has 0 saturated carbocycles. The van der Waals surface area contributed by atoms with Crippen molar-refractivity contribution < 1.29 is 17.9 Å². The minimum atomic E-state index is -3.79. The zero-order valence-corrected chi connectivity index (χ0v) is 14.7. The van der Waals surface area contributed by atoms with E-state index in [-0.39, 0.29) is 22.4 Å². The van der Waals surface area contributed by atoms with Gasteiger partial charge in [0.05, 0.1) is 7.11 Å². The van der Waals surface area contributed by atoms with Crippen LogP contribution in [0.2, 0.25) is 0 Å². The predicted molar refractivity (Wildman–Crippen MR) is 91.7 cm³/mol. The number of sulfonamides is 1. The van der Waals surface area contributed by atoms with E-state index in [1.54, 1.807) is 5.38 Å². The molecule has 1 unspecified atom stereocenters. The summed E-state index contributed by atoms with van der Waals surface area (Å²) in [6, 6.07) is 9.32. The number of fused-ring (bicyclic) bond motifs is 1. The van der Waals surface area contributed by atoms with Crippen LogP contribution in [-0.4, -0.2) is 34.6 Å². The van der Waals surface area contributed by atoms with E-state index in [2.05, 4.69) is 20.8 Å². The Labute approximate surface area is 144 Å². The minimum Gasteiger partial charge on any atom is -0.465 e. The van der Waals surface area contributed by atoms with Crippen molar-refractivity contribution in [3.8, 4) is 0 Å². The molecule has 0 bridgehead atoms. The fraction of sp³-hybridized carbons (Fsp3) is 0.312. The molecule has 0 aliphatic carbocycles. The van der Waals surface area contributed by atoms with Crippen LogP contribution in [-0.2, 0) is 21.2 Å².